The Kier molecular flexibility index (Phi) is 7.19. The van der Waals surface area contributed by atoms with Gasteiger partial charge >= 0.3 is 15.4 Å². The minimum atomic E-state index is -4.22. The molecule has 124 valence electrons. The Morgan fingerprint density at radius 3 is 2.32 bits per heavy atom. The van der Waals surface area contributed by atoms with Crippen molar-refractivity contribution in [2.75, 3.05) is 18.3 Å². The van der Waals surface area contributed by atoms with E-state index >= 15 is 0 Å². The lowest BCUT2D eigenvalue weighted by Crippen LogP contribution is -2.45. The predicted octanol–water partition coefficient (Wildman–Crippen LogP) is 3.20. The van der Waals surface area contributed by atoms with E-state index in [1.165, 1.54) is 0 Å². The molecule has 0 amide bonds. The molecule has 0 aliphatic rings. The largest absolute Gasteiger partial charge is 0.361 e. The summed E-state index contributed by atoms with van der Waals surface area (Å²) in [5.74, 6) is -3.16. The number of nitrogens with zero attached hydrogens (tertiary/aromatic N) is 1. The molecular formula is C12H14F5NO3Si. The van der Waals surface area contributed by atoms with Gasteiger partial charge in [-0.25, -0.2) is 8.78 Å². The van der Waals surface area contributed by atoms with Crippen LogP contribution in [-0.2, 0) is 13.9 Å². The molecule has 0 atom stereocenters. The third-order valence-electron chi connectivity index (χ3n) is 2.27. The van der Waals surface area contributed by atoms with Crippen LogP contribution in [0.3, 0.4) is 0 Å². The summed E-state index contributed by atoms with van der Waals surface area (Å²) in [6.45, 7) is 2.02. The van der Waals surface area contributed by atoms with Crippen LogP contribution in [0, 0.1) is 11.6 Å². The molecule has 0 spiro atoms. The molecule has 1 aromatic carbocycles. The van der Waals surface area contributed by atoms with Crippen molar-refractivity contribution in [1.29, 1.82) is 0 Å². The Hall–Kier alpha value is -1.23. The van der Waals surface area contributed by atoms with Gasteiger partial charge in [0.25, 0.3) is 6.48 Å². The molecule has 4 nitrogen and oxygen atoms in total. The van der Waals surface area contributed by atoms with Crippen molar-refractivity contribution in [3.8, 4) is 0 Å². The second kappa shape index (κ2) is 8.41. The first kappa shape index (κ1) is 18.8. The van der Waals surface area contributed by atoms with Crippen LogP contribution in [0.5, 0.6) is 0 Å². The highest BCUT2D eigenvalue weighted by Crippen LogP contribution is 2.30. The summed E-state index contributed by atoms with van der Waals surface area (Å²) in [7, 11) is -1.76. The van der Waals surface area contributed by atoms with Crippen molar-refractivity contribution in [2.24, 2.45) is 0 Å². The van der Waals surface area contributed by atoms with Crippen molar-refractivity contribution >= 4 is 15.5 Å². The number of benzene rings is 1. The van der Waals surface area contributed by atoms with Crippen LogP contribution in [0.1, 0.15) is 13.8 Å². The first-order chi connectivity index (χ1) is 10.3. The van der Waals surface area contributed by atoms with Gasteiger partial charge in [0, 0.05) is 13.2 Å². The van der Waals surface area contributed by atoms with Crippen molar-refractivity contribution in [3.05, 3.63) is 29.8 Å². The lowest BCUT2D eigenvalue weighted by molar-refractivity contribution is -0.247. The molecule has 22 heavy (non-hydrogen) atoms. The monoisotopic (exact) mass is 343 g/mol. The van der Waals surface area contributed by atoms with E-state index in [2.05, 4.69) is 4.43 Å². The summed E-state index contributed by atoms with van der Waals surface area (Å²) in [6, 6.07) is 2.27. The maximum absolute atomic E-state index is 13.7. The van der Waals surface area contributed by atoms with Crippen LogP contribution in [0.2, 0.25) is 0 Å². The number of hydrogen-bond acceptors (Lipinski definition) is 4. The Balaban J connectivity index is 2.77. The van der Waals surface area contributed by atoms with Crippen LogP contribution in [0.25, 0.3) is 0 Å². The summed E-state index contributed by atoms with van der Waals surface area (Å²) in [4.78, 5) is 0. The van der Waals surface area contributed by atoms with E-state index in [0.717, 1.165) is 6.07 Å². The molecule has 0 unspecified atom stereocenters. The van der Waals surface area contributed by atoms with Crippen LogP contribution < -0.4 is 5.12 Å². The average molecular weight is 343 g/mol. The van der Waals surface area contributed by atoms with E-state index in [9.17, 15) is 22.0 Å². The molecule has 2 radical (unpaired) electrons. The summed E-state index contributed by atoms with van der Waals surface area (Å²) in [5.41, 5.74) is -5.45. The smallest absolute Gasteiger partial charge is 0.359 e. The molecule has 1 aromatic rings. The number of alkyl halides is 2. The quantitative estimate of drug-likeness (QED) is 0.227. The fraction of sp³-hybridized carbons (Fsp3) is 0.500. The van der Waals surface area contributed by atoms with Gasteiger partial charge in [-0.2, -0.15) is 8.78 Å². The van der Waals surface area contributed by atoms with E-state index in [-0.39, 0.29) is 13.2 Å². The molecule has 10 heteroatoms. The molecule has 0 fully saturated rings. The molecular weight excluding hydrogens is 329 g/mol. The van der Waals surface area contributed by atoms with Gasteiger partial charge in [-0.15, -0.1) is 5.12 Å². The number of anilines is 1. The molecule has 0 bridgehead atoms. The maximum atomic E-state index is 13.7. The topological polar surface area (TPSA) is 30.9 Å². The summed E-state index contributed by atoms with van der Waals surface area (Å²) < 4.78 is 81.7. The standard InChI is InChI=1S/C12H14F5NO3Si/c1-3-19-11(20-4-2)21-22-12(15,16)18(17)9-7-5-6-8(13)10(9)14/h5-7,11H,3-4H2,1-2H3. The van der Waals surface area contributed by atoms with E-state index in [1.54, 1.807) is 13.8 Å². The van der Waals surface area contributed by atoms with Gasteiger partial charge in [-0.05, 0) is 26.0 Å². The third-order valence-corrected chi connectivity index (χ3v) is 3.02. The van der Waals surface area contributed by atoms with Crippen molar-refractivity contribution in [3.63, 3.8) is 0 Å². The molecule has 0 heterocycles. The summed E-state index contributed by atoms with van der Waals surface area (Å²) in [6.07, 6.45) is 0. The van der Waals surface area contributed by atoms with Crippen LogP contribution >= 0.6 is 0 Å². The first-order valence-corrected chi connectivity index (χ1v) is 7.18. The zero-order chi connectivity index (χ0) is 16.8. The van der Waals surface area contributed by atoms with Gasteiger partial charge in [0.05, 0.1) is 0 Å². The van der Waals surface area contributed by atoms with Crippen LogP contribution in [0.4, 0.5) is 27.7 Å². The van der Waals surface area contributed by atoms with Gasteiger partial charge in [0.15, 0.2) is 11.6 Å². The van der Waals surface area contributed by atoms with Crippen molar-refractivity contribution in [2.45, 2.75) is 26.0 Å². The van der Waals surface area contributed by atoms with E-state index < -0.39 is 44.4 Å². The Morgan fingerprint density at radius 2 is 1.77 bits per heavy atom. The van der Waals surface area contributed by atoms with Crippen LogP contribution in [-0.4, -0.2) is 35.1 Å². The summed E-state index contributed by atoms with van der Waals surface area (Å²) in [5, 5.41) is -1.18. The van der Waals surface area contributed by atoms with E-state index in [1.807, 2.05) is 0 Å². The highest BCUT2D eigenvalue weighted by atomic mass is 28.2. The molecule has 1 rings (SSSR count). The molecule has 0 aliphatic carbocycles. The van der Waals surface area contributed by atoms with Crippen molar-refractivity contribution in [1.82, 2.24) is 0 Å². The van der Waals surface area contributed by atoms with Crippen molar-refractivity contribution < 1.29 is 35.9 Å². The summed E-state index contributed by atoms with van der Waals surface area (Å²) >= 11 is 0. The minimum absolute atomic E-state index is 0.124. The number of rotatable bonds is 9. The van der Waals surface area contributed by atoms with Gasteiger partial charge in [0.1, 0.15) is 5.69 Å². The minimum Gasteiger partial charge on any atom is -0.361 e. The SMILES string of the molecule is CCOC(OCC)O[Si]C(F)(F)N(F)c1cccc(F)c1F. The lowest BCUT2D eigenvalue weighted by Gasteiger charge is -2.25. The highest BCUT2D eigenvalue weighted by molar-refractivity contribution is 6.31. The Bertz CT molecular complexity index is 474. The van der Waals surface area contributed by atoms with Gasteiger partial charge < -0.3 is 13.9 Å². The Labute approximate surface area is 126 Å². The Morgan fingerprint density at radius 1 is 1.18 bits per heavy atom. The van der Waals surface area contributed by atoms with Gasteiger partial charge in [-0.3, -0.25) is 0 Å². The molecule has 0 aliphatic heterocycles. The highest BCUT2D eigenvalue weighted by Gasteiger charge is 2.43. The first-order valence-electron chi connectivity index (χ1n) is 6.27. The zero-order valence-corrected chi connectivity index (χ0v) is 12.8. The number of halogens is 5. The van der Waals surface area contributed by atoms with E-state index in [0.29, 0.717) is 12.1 Å². The number of ether oxygens (including phenoxy) is 2. The maximum Gasteiger partial charge on any atom is 0.359 e. The van der Waals surface area contributed by atoms with Gasteiger partial charge in [-0.1, -0.05) is 10.5 Å². The average Bonchev–Trinajstić information content (AvgIpc) is 2.47. The lowest BCUT2D eigenvalue weighted by atomic mass is 10.3. The zero-order valence-electron chi connectivity index (χ0n) is 11.8. The van der Waals surface area contributed by atoms with Crippen LogP contribution in [0.15, 0.2) is 18.2 Å². The molecule has 0 aromatic heterocycles. The predicted molar refractivity (Wildman–Crippen MR) is 68.8 cm³/mol. The fourth-order valence-corrected chi connectivity index (χ4v) is 1.92. The molecule has 0 saturated carbocycles. The second-order valence-corrected chi connectivity index (χ2v) is 4.86. The number of hydrogen-bond donors (Lipinski definition) is 0. The fourth-order valence-electron chi connectivity index (χ4n) is 1.34. The molecule has 0 saturated heterocycles. The normalized spacial score (nSPS) is 12.0. The third kappa shape index (κ3) is 4.90. The second-order valence-electron chi connectivity index (χ2n) is 3.81. The molecule has 0 N–H and O–H groups in total. The van der Waals surface area contributed by atoms with Gasteiger partial charge in [0.2, 0.25) is 0 Å². The van der Waals surface area contributed by atoms with E-state index in [4.69, 9.17) is 9.47 Å².